The highest BCUT2D eigenvalue weighted by Crippen LogP contribution is 2.23. The number of hydrogen-bond donors (Lipinski definition) is 3. The zero-order valence-corrected chi connectivity index (χ0v) is 15.3. The van der Waals surface area contributed by atoms with Crippen molar-refractivity contribution in [3.05, 3.63) is 48.6 Å². The molecule has 4 heterocycles. The molecule has 3 N–H and O–H groups in total. The number of benzene rings is 1. The SMILES string of the molecule is c1cc2[nH]ncc2cc1Nc1ccc2ncc(-c3noc(CNC4CC4)n3)n2n1. The summed E-state index contributed by atoms with van der Waals surface area (Å²) >= 11 is 0. The number of H-pyrrole nitrogens is 1. The summed E-state index contributed by atoms with van der Waals surface area (Å²) in [6.45, 7) is 0.575. The van der Waals surface area contributed by atoms with Crippen molar-refractivity contribution in [3.8, 4) is 11.5 Å². The number of fused-ring (bicyclic) bond motifs is 2. The summed E-state index contributed by atoms with van der Waals surface area (Å²) in [6, 6.07) is 10.3. The molecule has 4 aromatic heterocycles. The van der Waals surface area contributed by atoms with Crippen LogP contribution in [-0.4, -0.2) is 41.0 Å². The fourth-order valence-electron chi connectivity index (χ4n) is 3.21. The Kier molecular flexibility index (Phi) is 3.56. The molecular formula is C19H17N9O. The predicted molar refractivity (Wildman–Crippen MR) is 106 cm³/mol. The molecule has 1 aromatic carbocycles. The summed E-state index contributed by atoms with van der Waals surface area (Å²) in [5.74, 6) is 1.71. The van der Waals surface area contributed by atoms with Crippen LogP contribution in [0.25, 0.3) is 28.1 Å². The van der Waals surface area contributed by atoms with Crippen molar-refractivity contribution in [1.82, 2.24) is 40.3 Å². The fraction of sp³-hybridized carbons (Fsp3) is 0.211. The van der Waals surface area contributed by atoms with Crippen LogP contribution < -0.4 is 10.6 Å². The minimum absolute atomic E-state index is 0.467. The summed E-state index contributed by atoms with van der Waals surface area (Å²) < 4.78 is 7.07. The first kappa shape index (κ1) is 16.2. The lowest BCUT2D eigenvalue weighted by atomic mass is 10.2. The molecular weight excluding hydrogens is 370 g/mol. The topological polar surface area (TPSA) is 122 Å². The highest BCUT2D eigenvalue weighted by Gasteiger charge is 2.22. The molecule has 0 saturated heterocycles. The van der Waals surface area contributed by atoms with Gasteiger partial charge in [0.15, 0.2) is 11.5 Å². The van der Waals surface area contributed by atoms with E-state index in [1.165, 1.54) is 12.8 Å². The fourth-order valence-corrected chi connectivity index (χ4v) is 3.21. The van der Waals surface area contributed by atoms with Crippen molar-refractivity contribution >= 4 is 28.1 Å². The second-order valence-corrected chi connectivity index (χ2v) is 7.10. The van der Waals surface area contributed by atoms with Gasteiger partial charge in [-0.3, -0.25) is 5.10 Å². The van der Waals surface area contributed by atoms with E-state index in [2.05, 4.69) is 41.1 Å². The lowest BCUT2D eigenvalue weighted by Crippen LogP contribution is -2.15. The van der Waals surface area contributed by atoms with E-state index in [9.17, 15) is 0 Å². The second-order valence-electron chi connectivity index (χ2n) is 7.10. The molecule has 6 rings (SSSR count). The lowest BCUT2D eigenvalue weighted by Gasteiger charge is -2.06. The van der Waals surface area contributed by atoms with Crippen molar-refractivity contribution in [2.75, 3.05) is 5.32 Å². The van der Waals surface area contributed by atoms with Crippen molar-refractivity contribution in [1.29, 1.82) is 0 Å². The summed E-state index contributed by atoms with van der Waals surface area (Å²) in [5, 5.41) is 23.4. The van der Waals surface area contributed by atoms with Crippen molar-refractivity contribution in [3.63, 3.8) is 0 Å². The van der Waals surface area contributed by atoms with Crippen LogP contribution >= 0.6 is 0 Å². The molecule has 1 fully saturated rings. The third kappa shape index (κ3) is 3.09. The molecule has 0 aliphatic heterocycles. The van der Waals surface area contributed by atoms with Crippen LogP contribution in [0.1, 0.15) is 18.7 Å². The van der Waals surface area contributed by atoms with Gasteiger partial charge in [-0.15, -0.1) is 5.10 Å². The number of anilines is 2. The molecule has 0 unspecified atom stereocenters. The van der Waals surface area contributed by atoms with Crippen LogP contribution in [0.5, 0.6) is 0 Å². The van der Waals surface area contributed by atoms with Gasteiger partial charge in [-0.05, 0) is 43.2 Å². The molecule has 1 aliphatic rings. The van der Waals surface area contributed by atoms with E-state index in [1.54, 1.807) is 16.9 Å². The zero-order valence-electron chi connectivity index (χ0n) is 15.3. The number of imidazole rings is 1. The van der Waals surface area contributed by atoms with Crippen LogP contribution in [0.2, 0.25) is 0 Å². The van der Waals surface area contributed by atoms with Crippen LogP contribution in [0.3, 0.4) is 0 Å². The molecule has 0 atom stereocenters. The Hall–Kier alpha value is -3.79. The molecule has 5 aromatic rings. The molecule has 0 radical (unpaired) electrons. The van der Waals surface area contributed by atoms with Gasteiger partial charge in [0.25, 0.3) is 0 Å². The number of aromatic nitrogens is 7. The van der Waals surface area contributed by atoms with Gasteiger partial charge in [0, 0.05) is 17.1 Å². The van der Waals surface area contributed by atoms with Crippen LogP contribution in [0.4, 0.5) is 11.5 Å². The van der Waals surface area contributed by atoms with E-state index >= 15 is 0 Å². The summed E-state index contributed by atoms with van der Waals surface area (Å²) in [5.41, 5.74) is 3.29. The van der Waals surface area contributed by atoms with E-state index in [1.807, 2.05) is 30.3 Å². The Morgan fingerprint density at radius 1 is 1.17 bits per heavy atom. The van der Waals surface area contributed by atoms with E-state index in [0.29, 0.717) is 41.5 Å². The predicted octanol–water partition coefficient (Wildman–Crippen LogP) is 2.65. The summed E-state index contributed by atoms with van der Waals surface area (Å²) in [4.78, 5) is 8.87. The summed E-state index contributed by atoms with van der Waals surface area (Å²) in [7, 11) is 0. The minimum Gasteiger partial charge on any atom is -0.339 e. The number of nitrogens with zero attached hydrogens (tertiary/aromatic N) is 6. The lowest BCUT2D eigenvalue weighted by molar-refractivity contribution is 0.367. The Balaban J connectivity index is 1.29. The first-order valence-corrected chi connectivity index (χ1v) is 9.43. The monoisotopic (exact) mass is 387 g/mol. The molecule has 0 spiro atoms. The van der Waals surface area contributed by atoms with Gasteiger partial charge in [-0.2, -0.15) is 10.1 Å². The molecule has 0 amide bonds. The molecule has 10 heteroatoms. The Morgan fingerprint density at radius 2 is 2.14 bits per heavy atom. The highest BCUT2D eigenvalue weighted by molar-refractivity contribution is 5.82. The van der Waals surface area contributed by atoms with Crippen LogP contribution in [0.15, 0.2) is 47.2 Å². The van der Waals surface area contributed by atoms with Gasteiger partial charge in [0.05, 0.1) is 24.5 Å². The van der Waals surface area contributed by atoms with Gasteiger partial charge in [-0.1, -0.05) is 5.16 Å². The molecule has 1 aliphatic carbocycles. The largest absolute Gasteiger partial charge is 0.339 e. The molecule has 0 bridgehead atoms. The normalized spacial score (nSPS) is 14.1. The highest BCUT2D eigenvalue weighted by atomic mass is 16.5. The number of rotatable bonds is 6. The molecule has 10 nitrogen and oxygen atoms in total. The van der Waals surface area contributed by atoms with Gasteiger partial charge >= 0.3 is 0 Å². The Labute approximate surface area is 164 Å². The molecule has 144 valence electrons. The van der Waals surface area contributed by atoms with E-state index in [4.69, 9.17) is 4.52 Å². The van der Waals surface area contributed by atoms with Crippen molar-refractivity contribution in [2.45, 2.75) is 25.4 Å². The smallest absolute Gasteiger partial charge is 0.240 e. The number of aromatic amines is 1. The maximum atomic E-state index is 5.36. The second kappa shape index (κ2) is 6.38. The average Bonchev–Trinajstić information content (AvgIpc) is 3.12. The zero-order chi connectivity index (χ0) is 19.2. The van der Waals surface area contributed by atoms with Crippen molar-refractivity contribution in [2.24, 2.45) is 0 Å². The average molecular weight is 387 g/mol. The summed E-state index contributed by atoms with van der Waals surface area (Å²) in [6.07, 6.45) is 5.91. The Morgan fingerprint density at radius 3 is 3.07 bits per heavy atom. The van der Waals surface area contributed by atoms with Crippen molar-refractivity contribution < 1.29 is 4.52 Å². The van der Waals surface area contributed by atoms with Crippen LogP contribution in [-0.2, 0) is 6.54 Å². The standard InChI is InChI=1S/C19H17N9O/c1-2-12(1)20-10-18-24-19(27-29-18)15-9-21-17-6-5-16(26-28(15)17)23-13-3-4-14-11(7-13)8-22-25-14/h3-9,12,20H,1-2,10H2,(H,22,25)(H,23,26). The van der Waals surface area contributed by atoms with Gasteiger partial charge in [0.2, 0.25) is 11.7 Å². The van der Waals surface area contributed by atoms with Gasteiger partial charge < -0.3 is 15.2 Å². The number of hydrogen-bond acceptors (Lipinski definition) is 8. The van der Waals surface area contributed by atoms with E-state index in [-0.39, 0.29) is 0 Å². The molecule has 1 saturated carbocycles. The van der Waals surface area contributed by atoms with E-state index < -0.39 is 0 Å². The number of nitrogens with one attached hydrogen (secondary N) is 3. The first-order valence-electron chi connectivity index (χ1n) is 9.43. The first-order chi connectivity index (χ1) is 14.3. The van der Waals surface area contributed by atoms with Gasteiger partial charge in [0.1, 0.15) is 5.69 Å². The third-order valence-corrected chi connectivity index (χ3v) is 4.89. The van der Waals surface area contributed by atoms with Crippen LogP contribution in [0, 0.1) is 0 Å². The maximum absolute atomic E-state index is 5.36. The maximum Gasteiger partial charge on any atom is 0.240 e. The minimum atomic E-state index is 0.467. The van der Waals surface area contributed by atoms with E-state index in [0.717, 1.165) is 16.6 Å². The van der Waals surface area contributed by atoms with Gasteiger partial charge in [-0.25, -0.2) is 9.50 Å². The quantitative estimate of drug-likeness (QED) is 0.406. The Bertz CT molecular complexity index is 1310. The third-order valence-electron chi connectivity index (χ3n) is 4.89. The molecule has 29 heavy (non-hydrogen) atoms.